The van der Waals surface area contributed by atoms with Crippen LogP contribution in [-0.4, -0.2) is 42.5 Å². The van der Waals surface area contributed by atoms with Crippen molar-refractivity contribution >= 4 is 5.91 Å². The molecule has 1 heterocycles. The molecule has 17 heavy (non-hydrogen) atoms. The van der Waals surface area contributed by atoms with Gasteiger partial charge in [0.15, 0.2) is 0 Å². The van der Waals surface area contributed by atoms with Crippen molar-refractivity contribution in [2.45, 2.75) is 26.3 Å². The molecule has 6 nitrogen and oxygen atoms in total. The number of amides is 1. The van der Waals surface area contributed by atoms with E-state index in [0.29, 0.717) is 30.0 Å². The van der Waals surface area contributed by atoms with Gasteiger partial charge in [0.1, 0.15) is 11.3 Å². The third-order valence-corrected chi connectivity index (χ3v) is 2.44. The lowest BCUT2D eigenvalue weighted by Crippen LogP contribution is -2.39. The average Bonchev–Trinajstić information content (AvgIpc) is 2.59. The number of hydrogen-bond acceptors (Lipinski definition) is 5. The Morgan fingerprint density at radius 3 is 2.76 bits per heavy atom. The highest BCUT2D eigenvalue weighted by atomic mass is 16.5. The zero-order valence-electron chi connectivity index (χ0n) is 10.3. The maximum absolute atomic E-state index is 12.0. The van der Waals surface area contributed by atoms with Crippen LogP contribution in [0.3, 0.4) is 0 Å². The van der Waals surface area contributed by atoms with Crippen molar-refractivity contribution in [2.75, 3.05) is 20.3 Å². The Labute approximate surface area is 99.9 Å². The highest BCUT2D eigenvalue weighted by Gasteiger charge is 2.20. The van der Waals surface area contributed by atoms with Gasteiger partial charge in [0.2, 0.25) is 0 Å². The maximum Gasteiger partial charge on any atom is 0.257 e. The van der Waals surface area contributed by atoms with Gasteiger partial charge in [-0.1, -0.05) is 5.16 Å². The molecular formula is C11H18N2O4. The van der Waals surface area contributed by atoms with Gasteiger partial charge in [-0.25, -0.2) is 0 Å². The molecule has 1 aromatic heterocycles. The quantitative estimate of drug-likeness (QED) is 0.755. The lowest BCUT2D eigenvalue weighted by atomic mass is 10.1. The molecular weight excluding hydrogens is 224 g/mol. The highest BCUT2D eigenvalue weighted by Crippen LogP contribution is 2.12. The highest BCUT2D eigenvalue weighted by molar-refractivity contribution is 5.96. The van der Waals surface area contributed by atoms with E-state index in [1.54, 1.807) is 21.0 Å². The molecule has 1 unspecified atom stereocenters. The first kappa shape index (κ1) is 13.7. The lowest BCUT2D eigenvalue weighted by Gasteiger charge is -2.16. The fourth-order valence-electron chi connectivity index (χ4n) is 1.62. The van der Waals surface area contributed by atoms with Crippen LogP contribution in [0.2, 0.25) is 0 Å². The molecule has 1 aromatic rings. The first-order valence-electron chi connectivity index (χ1n) is 5.43. The van der Waals surface area contributed by atoms with Gasteiger partial charge in [-0.3, -0.25) is 4.79 Å². The second kappa shape index (κ2) is 6.36. The summed E-state index contributed by atoms with van der Waals surface area (Å²) in [4.78, 5) is 12.0. The summed E-state index contributed by atoms with van der Waals surface area (Å²) in [5.74, 6) is 0.233. The molecule has 0 spiro atoms. The summed E-state index contributed by atoms with van der Waals surface area (Å²) >= 11 is 0. The Kier molecular flexibility index (Phi) is 5.11. The van der Waals surface area contributed by atoms with E-state index in [1.807, 2.05) is 0 Å². The van der Waals surface area contributed by atoms with Crippen LogP contribution in [0.1, 0.15) is 28.2 Å². The fraction of sp³-hybridized carbons (Fsp3) is 0.636. The second-order valence-corrected chi connectivity index (χ2v) is 3.84. The molecule has 0 aromatic carbocycles. The van der Waals surface area contributed by atoms with Crippen LogP contribution in [-0.2, 0) is 4.74 Å². The number of aliphatic hydroxyl groups is 1. The Morgan fingerprint density at radius 1 is 1.59 bits per heavy atom. The molecule has 96 valence electrons. The second-order valence-electron chi connectivity index (χ2n) is 3.84. The number of methoxy groups -OCH3 is 1. The molecule has 2 N–H and O–H groups in total. The number of carbonyl (C=O) groups excluding carboxylic acids is 1. The van der Waals surface area contributed by atoms with Crippen molar-refractivity contribution in [1.82, 2.24) is 10.5 Å². The van der Waals surface area contributed by atoms with Gasteiger partial charge < -0.3 is 19.7 Å². The molecule has 0 aliphatic heterocycles. The number of aliphatic hydroxyl groups excluding tert-OH is 1. The molecule has 0 aliphatic carbocycles. The number of aryl methyl sites for hydroxylation is 2. The fourth-order valence-corrected chi connectivity index (χ4v) is 1.62. The predicted octanol–water partition coefficient (Wildman–Crippen LogP) is 0.419. The molecule has 0 saturated carbocycles. The van der Waals surface area contributed by atoms with Crippen LogP contribution in [0.5, 0.6) is 0 Å². The molecule has 0 radical (unpaired) electrons. The summed E-state index contributed by atoms with van der Waals surface area (Å²) in [7, 11) is 1.55. The average molecular weight is 242 g/mol. The molecule has 1 rings (SSSR count). The third kappa shape index (κ3) is 3.54. The minimum atomic E-state index is -0.253. The van der Waals surface area contributed by atoms with Crippen molar-refractivity contribution in [2.24, 2.45) is 0 Å². The van der Waals surface area contributed by atoms with E-state index in [2.05, 4.69) is 10.5 Å². The van der Waals surface area contributed by atoms with E-state index in [-0.39, 0.29) is 18.6 Å². The van der Waals surface area contributed by atoms with Crippen molar-refractivity contribution in [3.63, 3.8) is 0 Å². The standard InChI is InChI=1S/C11H18N2O4/c1-7-10(8(2)17-13-7)11(15)12-9(4-5-14)6-16-3/h9,14H,4-6H2,1-3H3,(H,12,15). The Balaban J connectivity index is 2.70. The Hall–Kier alpha value is -1.40. The predicted molar refractivity (Wildman–Crippen MR) is 60.8 cm³/mol. The van der Waals surface area contributed by atoms with E-state index in [9.17, 15) is 4.79 Å². The number of ether oxygens (including phenoxy) is 1. The largest absolute Gasteiger partial charge is 0.396 e. The van der Waals surface area contributed by atoms with E-state index in [1.165, 1.54) is 0 Å². The van der Waals surface area contributed by atoms with E-state index >= 15 is 0 Å². The van der Waals surface area contributed by atoms with Gasteiger partial charge in [0, 0.05) is 13.7 Å². The number of rotatable bonds is 6. The van der Waals surface area contributed by atoms with Crippen LogP contribution in [0.15, 0.2) is 4.52 Å². The molecule has 0 fully saturated rings. The van der Waals surface area contributed by atoms with E-state index in [0.717, 1.165) is 0 Å². The van der Waals surface area contributed by atoms with E-state index < -0.39 is 0 Å². The van der Waals surface area contributed by atoms with Crippen molar-refractivity contribution in [3.05, 3.63) is 17.0 Å². The molecule has 1 amide bonds. The summed E-state index contributed by atoms with van der Waals surface area (Å²) in [6, 6.07) is -0.216. The molecule has 0 bridgehead atoms. The lowest BCUT2D eigenvalue weighted by molar-refractivity contribution is 0.0876. The van der Waals surface area contributed by atoms with Gasteiger partial charge in [0.25, 0.3) is 5.91 Å². The van der Waals surface area contributed by atoms with Crippen LogP contribution in [0.4, 0.5) is 0 Å². The summed E-state index contributed by atoms with van der Waals surface area (Å²) in [5.41, 5.74) is 1.00. The minimum Gasteiger partial charge on any atom is -0.396 e. The summed E-state index contributed by atoms with van der Waals surface area (Å²) in [6.07, 6.45) is 0.447. The zero-order valence-corrected chi connectivity index (χ0v) is 10.3. The minimum absolute atomic E-state index is 0.00406. The van der Waals surface area contributed by atoms with Crippen molar-refractivity contribution in [3.8, 4) is 0 Å². The molecule has 1 atom stereocenters. The SMILES string of the molecule is COCC(CCO)NC(=O)c1c(C)noc1C. The molecule has 0 saturated heterocycles. The monoisotopic (exact) mass is 242 g/mol. The number of nitrogens with one attached hydrogen (secondary N) is 1. The smallest absolute Gasteiger partial charge is 0.257 e. The molecule has 6 heteroatoms. The number of nitrogens with zero attached hydrogens (tertiary/aromatic N) is 1. The summed E-state index contributed by atoms with van der Waals surface area (Å²) in [5, 5.41) is 15.4. The molecule has 0 aliphatic rings. The Morgan fingerprint density at radius 2 is 2.29 bits per heavy atom. The summed E-state index contributed by atoms with van der Waals surface area (Å²) < 4.78 is 9.90. The normalized spacial score (nSPS) is 12.5. The maximum atomic E-state index is 12.0. The van der Waals surface area contributed by atoms with Crippen LogP contribution in [0, 0.1) is 13.8 Å². The first-order valence-corrected chi connectivity index (χ1v) is 5.43. The number of hydrogen-bond donors (Lipinski definition) is 2. The van der Waals surface area contributed by atoms with Crippen LogP contribution >= 0.6 is 0 Å². The van der Waals surface area contributed by atoms with Crippen molar-refractivity contribution in [1.29, 1.82) is 0 Å². The van der Waals surface area contributed by atoms with Gasteiger partial charge in [-0.15, -0.1) is 0 Å². The van der Waals surface area contributed by atoms with Gasteiger partial charge in [0.05, 0.1) is 18.3 Å². The third-order valence-electron chi connectivity index (χ3n) is 2.44. The van der Waals surface area contributed by atoms with Crippen LogP contribution in [0.25, 0.3) is 0 Å². The van der Waals surface area contributed by atoms with Gasteiger partial charge in [-0.2, -0.15) is 0 Å². The Bertz CT molecular complexity index is 350. The zero-order chi connectivity index (χ0) is 12.8. The van der Waals surface area contributed by atoms with Crippen LogP contribution < -0.4 is 5.32 Å². The van der Waals surface area contributed by atoms with Gasteiger partial charge >= 0.3 is 0 Å². The number of carbonyl (C=O) groups is 1. The van der Waals surface area contributed by atoms with E-state index in [4.69, 9.17) is 14.4 Å². The van der Waals surface area contributed by atoms with Crippen molar-refractivity contribution < 1.29 is 19.2 Å². The topological polar surface area (TPSA) is 84.6 Å². The number of aromatic nitrogens is 1. The van der Waals surface area contributed by atoms with Gasteiger partial charge in [-0.05, 0) is 20.3 Å². The first-order chi connectivity index (χ1) is 8.10. The summed E-state index contributed by atoms with van der Waals surface area (Å²) in [6.45, 7) is 3.75.